The van der Waals surface area contributed by atoms with Crippen LogP contribution in [0.2, 0.25) is 0 Å². The van der Waals surface area contributed by atoms with Crippen LogP contribution in [0, 0.1) is 0 Å². The SMILES string of the molecule is CCCCCCCCCCCCCCCCCCCC1N(CCCCCCCCCCCC)C=CN1CCCCCCCCCCCCC. The molecule has 0 saturated carbocycles. The van der Waals surface area contributed by atoms with Crippen LogP contribution in [0.15, 0.2) is 12.4 Å². The van der Waals surface area contributed by atoms with E-state index in [4.69, 9.17) is 0 Å². The van der Waals surface area contributed by atoms with E-state index in [0.29, 0.717) is 6.17 Å². The lowest BCUT2D eigenvalue weighted by atomic mass is 10.0. The normalized spacial score (nSPS) is 14.6. The summed E-state index contributed by atoms with van der Waals surface area (Å²) >= 11 is 0. The van der Waals surface area contributed by atoms with Crippen LogP contribution in [0.4, 0.5) is 0 Å². The Kier molecular flexibility index (Phi) is 36.5. The molecule has 49 heavy (non-hydrogen) atoms. The van der Waals surface area contributed by atoms with Gasteiger partial charge in [-0.05, 0) is 25.7 Å². The Bertz CT molecular complexity index is 644. The molecule has 0 aliphatic carbocycles. The van der Waals surface area contributed by atoms with E-state index in [9.17, 15) is 0 Å². The lowest BCUT2D eigenvalue weighted by molar-refractivity contribution is 0.135. The van der Waals surface area contributed by atoms with Crippen molar-refractivity contribution in [2.45, 2.75) is 277 Å². The van der Waals surface area contributed by atoms with Crippen molar-refractivity contribution in [2.24, 2.45) is 0 Å². The maximum Gasteiger partial charge on any atom is 0.101 e. The molecule has 0 aromatic rings. The van der Waals surface area contributed by atoms with Crippen molar-refractivity contribution < 1.29 is 0 Å². The van der Waals surface area contributed by atoms with Crippen LogP contribution < -0.4 is 0 Å². The molecular formula is C47H94N2. The van der Waals surface area contributed by atoms with Crippen LogP contribution >= 0.6 is 0 Å². The summed E-state index contributed by atoms with van der Waals surface area (Å²) in [5.74, 6) is 0. The third-order valence-corrected chi connectivity index (χ3v) is 11.6. The average Bonchev–Trinajstić information content (AvgIpc) is 3.50. The Balaban J connectivity index is 2.18. The van der Waals surface area contributed by atoms with Gasteiger partial charge in [0.2, 0.25) is 0 Å². The lowest BCUT2D eigenvalue weighted by Gasteiger charge is -2.33. The lowest BCUT2D eigenvalue weighted by Crippen LogP contribution is -2.39. The molecule has 0 amide bonds. The summed E-state index contributed by atoms with van der Waals surface area (Å²) in [6.45, 7) is 9.49. The summed E-state index contributed by atoms with van der Waals surface area (Å²) in [6, 6.07) is 0. The van der Waals surface area contributed by atoms with E-state index in [1.54, 1.807) is 0 Å². The number of unbranched alkanes of at least 4 members (excludes halogenated alkanes) is 35. The zero-order chi connectivity index (χ0) is 35.1. The quantitative estimate of drug-likeness (QED) is 0.0591. The van der Waals surface area contributed by atoms with Gasteiger partial charge in [-0.1, -0.05) is 245 Å². The number of rotatable bonds is 41. The van der Waals surface area contributed by atoms with Crippen molar-refractivity contribution in [3.8, 4) is 0 Å². The minimum atomic E-state index is 0.637. The maximum atomic E-state index is 2.73. The molecule has 0 saturated heterocycles. The molecule has 2 nitrogen and oxygen atoms in total. The first-order valence-corrected chi connectivity index (χ1v) is 23.5. The van der Waals surface area contributed by atoms with Gasteiger partial charge in [-0.2, -0.15) is 0 Å². The average molecular weight is 687 g/mol. The summed E-state index contributed by atoms with van der Waals surface area (Å²) in [6.07, 6.45) is 61.9. The van der Waals surface area contributed by atoms with Crippen LogP contribution in [-0.4, -0.2) is 29.1 Å². The molecule has 1 rings (SSSR count). The highest BCUT2D eigenvalue weighted by Gasteiger charge is 2.24. The van der Waals surface area contributed by atoms with Gasteiger partial charge in [-0.15, -0.1) is 0 Å². The molecule has 1 atom stereocenters. The third kappa shape index (κ3) is 30.7. The maximum absolute atomic E-state index is 2.73. The Morgan fingerprint density at radius 3 is 0.714 bits per heavy atom. The first kappa shape index (κ1) is 46.4. The first-order valence-electron chi connectivity index (χ1n) is 23.5. The van der Waals surface area contributed by atoms with Gasteiger partial charge in [-0.25, -0.2) is 0 Å². The van der Waals surface area contributed by atoms with Crippen molar-refractivity contribution in [3.63, 3.8) is 0 Å². The summed E-state index contributed by atoms with van der Waals surface area (Å²) in [4.78, 5) is 5.46. The Hall–Kier alpha value is -0.660. The van der Waals surface area contributed by atoms with E-state index >= 15 is 0 Å². The highest BCUT2D eigenvalue weighted by Crippen LogP contribution is 2.24. The van der Waals surface area contributed by atoms with E-state index in [1.165, 1.54) is 264 Å². The van der Waals surface area contributed by atoms with Crippen LogP contribution in [0.5, 0.6) is 0 Å². The third-order valence-electron chi connectivity index (χ3n) is 11.6. The van der Waals surface area contributed by atoms with E-state index in [0.717, 1.165) is 0 Å². The zero-order valence-electron chi connectivity index (χ0n) is 34.6. The molecular weight excluding hydrogens is 593 g/mol. The molecule has 0 spiro atoms. The largest absolute Gasteiger partial charge is 0.356 e. The Morgan fingerprint density at radius 2 is 0.469 bits per heavy atom. The molecule has 0 radical (unpaired) electrons. The fourth-order valence-electron chi connectivity index (χ4n) is 8.13. The second kappa shape index (κ2) is 38.6. The highest BCUT2D eigenvalue weighted by atomic mass is 15.4. The van der Waals surface area contributed by atoms with E-state index in [2.05, 4.69) is 43.0 Å². The molecule has 0 bridgehead atoms. The molecule has 1 aliphatic rings. The predicted molar refractivity (Wildman–Crippen MR) is 223 cm³/mol. The second-order valence-electron chi connectivity index (χ2n) is 16.4. The molecule has 0 aromatic carbocycles. The number of nitrogens with zero attached hydrogens (tertiary/aromatic N) is 2. The molecule has 0 fully saturated rings. The molecule has 0 aromatic heterocycles. The number of hydrogen-bond donors (Lipinski definition) is 0. The molecule has 2 heteroatoms. The fourth-order valence-corrected chi connectivity index (χ4v) is 8.13. The molecule has 1 aliphatic heterocycles. The molecule has 292 valence electrons. The Labute approximate surface area is 311 Å². The summed E-state index contributed by atoms with van der Waals surface area (Å²) in [5.41, 5.74) is 0. The van der Waals surface area contributed by atoms with Crippen molar-refractivity contribution >= 4 is 0 Å². The van der Waals surface area contributed by atoms with E-state index < -0.39 is 0 Å². The van der Waals surface area contributed by atoms with Gasteiger partial charge < -0.3 is 9.80 Å². The van der Waals surface area contributed by atoms with Crippen LogP contribution in [0.25, 0.3) is 0 Å². The van der Waals surface area contributed by atoms with Crippen LogP contribution in [0.3, 0.4) is 0 Å². The predicted octanol–water partition coefficient (Wildman–Crippen LogP) is 16.7. The Morgan fingerprint density at radius 1 is 0.265 bits per heavy atom. The fraction of sp³-hybridized carbons (Fsp3) is 0.957. The van der Waals surface area contributed by atoms with Gasteiger partial charge in [0.1, 0.15) is 6.17 Å². The minimum absolute atomic E-state index is 0.637. The van der Waals surface area contributed by atoms with Gasteiger partial charge in [-0.3, -0.25) is 0 Å². The first-order chi connectivity index (χ1) is 24.3. The standard InChI is InChI=1S/C47H94N2/c1-4-7-10-13-16-19-22-23-24-25-26-27-28-30-33-36-39-42-47-48(43-40-37-34-31-21-18-15-12-9-6-3)45-46-49(47)44-41-38-35-32-29-20-17-14-11-8-5-2/h45-47H,4-44H2,1-3H3. The van der Waals surface area contributed by atoms with Gasteiger partial charge in [0.25, 0.3) is 0 Å². The van der Waals surface area contributed by atoms with E-state index in [1.807, 2.05) is 0 Å². The van der Waals surface area contributed by atoms with Crippen molar-refractivity contribution in [1.29, 1.82) is 0 Å². The summed E-state index contributed by atoms with van der Waals surface area (Å²) in [7, 11) is 0. The van der Waals surface area contributed by atoms with Crippen molar-refractivity contribution in [1.82, 2.24) is 9.80 Å². The van der Waals surface area contributed by atoms with Gasteiger partial charge in [0.05, 0.1) is 0 Å². The van der Waals surface area contributed by atoms with Crippen molar-refractivity contribution in [3.05, 3.63) is 12.4 Å². The van der Waals surface area contributed by atoms with E-state index in [-0.39, 0.29) is 0 Å². The summed E-state index contributed by atoms with van der Waals surface area (Å²) < 4.78 is 0. The van der Waals surface area contributed by atoms with Gasteiger partial charge in [0, 0.05) is 25.5 Å². The second-order valence-corrected chi connectivity index (χ2v) is 16.4. The van der Waals surface area contributed by atoms with Gasteiger partial charge in [0.15, 0.2) is 0 Å². The minimum Gasteiger partial charge on any atom is -0.356 e. The molecule has 0 N–H and O–H groups in total. The monoisotopic (exact) mass is 687 g/mol. The topological polar surface area (TPSA) is 6.48 Å². The smallest absolute Gasteiger partial charge is 0.101 e. The van der Waals surface area contributed by atoms with Crippen molar-refractivity contribution in [2.75, 3.05) is 13.1 Å². The highest BCUT2D eigenvalue weighted by molar-refractivity contribution is 4.97. The van der Waals surface area contributed by atoms with Gasteiger partial charge >= 0.3 is 0 Å². The number of hydrogen-bond acceptors (Lipinski definition) is 2. The molecule has 1 unspecified atom stereocenters. The van der Waals surface area contributed by atoms with Crippen LogP contribution in [0.1, 0.15) is 271 Å². The molecule has 1 heterocycles. The summed E-state index contributed by atoms with van der Waals surface area (Å²) in [5, 5.41) is 0. The van der Waals surface area contributed by atoms with Crippen LogP contribution in [-0.2, 0) is 0 Å². The zero-order valence-corrected chi connectivity index (χ0v) is 34.6.